The Labute approximate surface area is 121 Å². The highest BCUT2D eigenvalue weighted by Gasteiger charge is 2.42. The molecule has 0 aliphatic heterocycles. The largest absolute Gasteiger partial charge is 0.398 e. The molecule has 0 aromatic heterocycles. The Morgan fingerprint density at radius 1 is 1.30 bits per heavy atom. The van der Waals surface area contributed by atoms with Crippen molar-refractivity contribution in [3.8, 4) is 0 Å². The third-order valence-electron chi connectivity index (χ3n) is 4.18. The highest BCUT2D eigenvalue weighted by molar-refractivity contribution is 7.89. The van der Waals surface area contributed by atoms with Gasteiger partial charge in [-0.2, -0.15) is 0 Å². The van der Waals surface area contributed by atoms with Crippen LogP contribution in [0, 0.1) is 5.41 Å². The molecule has 1 aliphatic carbocycles. The van der Waals surface area contributed by atoms with Crippen molar-refractivity contribution in [3.05, 3.63) is 23.8 Å². The molecule has 0 bridgehead atoms. The highest BCUT2D eigenvalue weighted by Crippen LogP contribution is 2.49. The number of benzene rings is 1. The smallest absolute Gasteiger partial charge is 0.240 e. The van der Waals surface area contributed by atoms with Crippen molar-refractivity contribution in [3.63, 3.8) is 0 Å². The van der Waals surface area contributed by atoms with Gasteiger partial charge in [0, 0.05) is 12.2 Å². The fourth-order valence-electron chi connectivity index (χ4n) is 2.62. The molecule has 1 aromatic carbocycles. The summed E-state index contributed by atoms with van der Waals surface area (Å²) in [5, 5.41) is 0. The summed E-state index contributed by atoms with van der Waals surface area (Å²) < 4.78 is 27.3. The van der Waals surface area contributed by atoms with Crippen LogP contribution in [0.2, 0.25) is 0 Å². The minimum absolute atomic E-state index is 0.205. The zero-order valence-electron chi connectivity index (χ0n) is 12.3. The van der Waals surface area contributed by atoms with E-state index in [2.05, 4.69) is 11.6 Å². The van der Waals surface area contributed by atoms with Gasteiger partial charge in [0.1, 0.15) is 0 Å². The SMILES string of the molecule is CCCC1(CNS(=O)(=O)c2ccc(CC)c(N)c2)CC1. The Morgan fingerprint density at radius 3 is 2.50 bits per heavy atom. The number of anilines is 1. The third-order valence-corrected chi connectivity index (χ3v) is 5.58. The number of aryl methyl sites for hydroxylation is 1. The lowest BCUT2D eigenvalue weighted by molar-refractivity contribution is 0.449. The zero-order valence-corrected chi connectivity index (χ0v) is 13.1. The second-order valence-corrected chi connectivity index (χ2v) is 7.56. The summed E-state index contributed by atoms with van der Waals surface area (Å²) in [6.07, 6.45) is 5.24. The van der Waals surface area contributed by atoms with E-state index in [1.54, 1.807) is 18.2 Å². The van der Waals surface area contributed by atoms with Crippen molar-refractivity contribution in [2.45, 2.75) is 50.8 Å². The van der Waals surface area contributed by atoms with Crippen LogP contribution in [0.1, 0.15) is 45.1 Å². The van der Waals surface area contributed by atoms with Gasteiger partial charge < -0.3 is 5.73 Å². The van der Waals surface area contributed by atoms with Crippen LogP contribution in [0.5, 0.6) is 0 Å². The molecule has 3 N–H and O–H groups in total. The molecule has 0 unspecified atom stereocenters. The Balaban J connectivity index is 2.09. The topological polar surface area (TPSA) is 72.2 Å². The Kier molecular flexibility index (Phi) is 4.39. The van der Waals surface area contributed by atoms with E-state index in [0.717, 1.165) is 37.7 Å². The summed E-state index contributed by atoms with van der Waals surface area (Å²) in [4.78, 5) is 0.263. The lowest BCUT2D eigenvalue weighted by atomic mass is 10.0. The minimum atomic E-state index is -3.45. The molecule has 112 valence electrons. The van der Waals surface area contributed by atoms with E-state index in [1.165, 1.54) is 0 Å². The molecule has 4 nitrogen and oxygen atoms in total. The zero-order chi connectivity index (χ0) is 14.8. The minimum Gasteiger partial charge on any atom is -0.398 e. The molecule has 0 spiro atoms. The Hall–Kier alpha value is -1.07. The number of nitrogens with two attached hydrogens (primary N) is 1. The van der Waals surface area contributed by atoms with Crippen molar-refractivity contribution in [1.82, 2.24) is 4.72 Å². The molecule has 0 atom stereocenters. The van der Waals surface area contributed by atoms with E-state index in [4.69, 9.17) is 5.73 Å². The summed E-state index contributed by atoms with van der Waals surface area (Å²) in [6.45, 7) is 4.68. The van der Waals surface area contributed by atoms with Gasteiger partial charge >= 0.3 is 0 Å². The van der Waals surface area contributed by atoms with E-state index < -0.39 is 10.0 Å². The van der Waals surface area contributed by atoms with Crippen LogP contribution < -0.4 is 10.5 Å². The van der Waals surface area contributed by atoms with E-state index in [1.807, 2.05) is 6.92 Å². The van der Waals surface area contributed by atoms with Crippen LogP contribution >= 0.6 is 0 Å². The third kappa shape index (κ3) is 3.33. The maximum atomic E-state index is 12.3. The standard InChI is InChI=1S/C15H24N2O2S/c1-3-7-15(8-9-15)11-17-20(18,19)13-6-5-12(4-2)14(16)10-13/h5-6,10,17H,3-4,7-9,11,16H2,1-2H3. The maximum Gasteiger partial charge on any atom is 0.240 e. The average Bonchev–Trinajstić information content (AvgIpc) is 3.17. The molecule has 1 saturated carbocycles. The molecular formula is C15H24N2O2S. The van der Waals surface area contributed by atoms with E-state index in [0.29, 0.717) is 12.2 Å². The summed E-state index contributed by atoms with van der Waals surface area (Å²) >= 11 is 0. The fraction of sp³-hybridized carbons (Fsp3) is 0.600. The number of rotatable bonds is 7. The van der Waals surface area contributed by atoms with Crippen LogP contribution in [0.3, 0.4) is 0 Å². The molecule has 1 aliphatic rings. The lowest BCUT2D eigenvalue weighted by Gasteiger charge is -2.15. The van der Waals surface area contributed by atoms with Gasteiger partial charge in [0.15, 0.2) is 0 Å². The Bertz CT molecular complexity index is 578. The van der Waals surface area contributed by atoms with Crippen molar-refractivity contribution in [2.75, 3.05) is 12.3 Å². The first-order valence-electron chi connectivity index (χ1n) is 7.30. The molecule has 0 amide bonds. The summed E-state index contributed by atoms with van der Waals surface area (Å²) in [5.74, 6) is 0. The molecule has 2 rings (SSSR count). The van der Waals surface area contributed by atoms with Gasteiger partial charge in [0.25, 0.3) is 0 Å². The number of nitrogen functional groups attached to an aromatic ring is 1. The predicted molar refractivity (Wildman–Crippen MR) is 82.0 cm³/mol. The number of hydrogen-bond acceptors (Lipinski definition) is 3. The van der Waals surface area contributed by atoms with Gasteiger partial charge in [0.2, 0.25) is 10.0 Å². The maximum absolute atomic E-state index is 12.3. The first-order chi connectivity index (χ1) is 9.42. The lowest BCUT2D eigenvalue weighted by Crippen LogP contribution is -2.30. The summed E-state index contributed by atoms with van der Waals surface area (Å²) in [5.41, 5.74) is 7.61. The highest BCUT2D eigenvalue weighted by atomic mass is 32.2. The summed E-state index contributed by atoms with van der Waals surface area (Å²) in [6, 6.07) is 4.99. The molecule has 5 heteroatoms. The van der Waals surface area contributed by atoms with E-state index >= 15 is 0 Å². The fourth-order valence-corrected chi connectivity index (χ4v) is 3.81. The number of sulfonamides is 1. The molecule has 1 fully saturated rings. The second kappa shape index (κ2) is 5.74. The molecular weight excluding hydrogens is 272 g/mol. The molecule has 0 saturated heterocycles. The molecule has 0 radical (unpaired) electrons. The van der Waals surface area contributed by atoms with E-state index in [-0.39, 0.29) is 10.3 Å². The normalized spacial score (nSPS) is 17.1. The summed E-state index contributed by atoms with van der Waals surface area (Å²) in [7, 11) is -3.45. The average molecular weight is 296 g/mol. The first kappa shape index (κ1) is 15.3. The molecule has 0 heterocycles. The van der Waals surface area contributed by atoms with Crippen LogP contribution in [0.15, 0.2) is 23.1 Å². The van der Waals surface area contributed by atoms with Crippen LogP contribution in [0.25, 0.3) is 0 Å². The number of hydrogen-bond donors (Lipinski definition) is 2. The van der Waals surface area contributed by atoms with E-state index in [9.17, 15) is 8.42 Å². The van der Waals surface area contributed by atoms with Crippen LogP contribution in [-0.4, -0.2) is 15.0 Å². The predicted octanol–water partition coefficient (Wildman–Crippen LogP) is 2.69. The van der Waals surface area contributed by atoms with Gasteiger partial charge in [-0.05, 0) is 48.8 Å². The number of nitrogens with one attached hydrogen (secondary N) is 1. The van der Waals surface area contributed by atoms with Gasteiger partial charge in [-0.1, -0.05) is 26.3 Å². The van der Waals surface area contributed by atoms with Crippen molar-refractivity contribution >= 4 is 15.7 Å². The Morgan fingerprint density at radius 2 is 2.00 bits per heavy atom. The van der Waals surface area contributed by atoms with Gasteiger partial charge in [-0.15, -0.1) is 0 Å². The van der Waals surface area contributed by atoms with Crippen LogP contribution in [0.4, 0.5) is 5.69 Å². The van der Waals surface area contributed by atoms with Gasteiger partial charge in [-0.25, -0.2) is 13.1 Å². The first-order valence-corrected chi connectivity index (χ1v) is 8.79. The monoisotopic (exact) mass is 296 g/mol. The molecule has 20 heavy (non-hydrogen) atoms. The quantitative estimate of drug-likeness (QED) is 0.760. The molecule has 1 aromatic rings. The van der Waals surface area contributed by atoms with Gasteiger partial charge in [0.05, 0.1) is 4.90 Å². The van der Waals surface area contributed by atoms with Crippen molar-refractivity contribution < 1.29 is 8.42 Å². The van der Waals surface area contributed by atoms with Crippen molar-refractivity contribution in [1.29, 1.82) is 0 Å². The van der Waals surface area contributed by atoms with Gasteiger partial charge in [-0.3, -0.25) is 0 Å². The second-order valence-electron chi connectivity index (χ2n) is 5.79. The van der Waals surface area contributed by atoms with Crippen molar-refractivity contribution in [2.24, 2.45) is 5.41 Å². The van der Waals surface area contributed by atoms with Crippen LogP contribution in [-0.2, 0) is 16.4 Å².